The molecule has 0 aliphatic carbocycles. The van der Waals surface area contributed by atoms with Crippen LogP contribution in [0.5, 0.6) is 0 Å². The van der Waals surface area contributed by atoms with Gasteiger partial charge in [-0.2, -0.15) is 10.2 Å². The zero-order valence-corrected chi connectivity index (χ0v) is 19.8. The predicted octanol–water partition coefficient (Wildman–Crippen LogP) is 4.54. The highest BCUT2D eigenvalue weighted by atomic mass is 79.9. The van der Waals surface area contributed by atoms with Crippen LogP contribution in [0, 0.1) is 0 Å². The normalized spacial score (nSPS) is 11.0. The summed E-state index contributed by atoms with van der Waals surface area (Å²) in [5, 5.41) is 10.4. The van der Waals surface area contributed by atoms with Gasteiger partial charge in [0, 0.05) is 20.9 Å². The van der Waals surface area contributed by atoms with E-state index in [9.17, 15) is 9.59 Å². The lowest BCUT2D eigenvalue weighted by Crippen LogP contribution is -2.22. The Labute approximate surface area is 171 Å². The van der Waals surface area contributed by atoms with Crippen LogP contribution in [0.15, 0.2) is 21.6 Å². The van der Waals surface area contributed by atoms with Gasteiger partial charge in [0.05, 0.1) is 17.3 Å². The van der Waals surface area contributed by atoms with Crippen LogP contribution in [0.2, 0.25) is 25.7 Å². The number of hydrogen-bond acceptors (Lipinski definition) is 5. The molecule has 0 amide bonds. The lowest BCUT2D eigenvalue weighted by molar-refractivity contribution is 0.0783. The maximum Gasteiger partial charge on any atom is 0.164 e. The van der Waals surface area contributed by atoms with E-state index in [2.05, 4.69) is 66.8 Å². The molecule has 2 rings (SSSR count). The van der Waals surface area contributed by atoms with Crippen LogP contribution in [0.4, 0.5) is 0 Å². The van der Waals surface area contributed by atoms with Gasteiger partial charge in [-0.15, -0.1) is 0 Å². The van der Waals surface area contributed by atoms with Crippen molar-refractivity contribution in [1.82, 2.24) is 20.0 Å². The molecule has 0 bridgehead atoms. The summed E-state index contributed by atoms with van der Waals surface area (Å²) in [6, 6.07) is 1.13. The molecular weight excluding hydrogens is 484 g/mol. The van der Waals surface area contributed by atoms with Crippen molar-refractivity contribution in [2.24, 2.45) is 0 Å². The van der Waals surface area contributed by atoms with Gasteiger partial charge in [-0.05, 0) is 51.8 Å². The van der Waals surface area contributed by atoms with Crippen molar-refractivity contribution in [2.75, 3.05) is 6.61 Å². The molecule has 0 unspecified atom stereocenters. The molecule has 0 spiro atoms. The Morgan fingerprint density at radius 3 is 2.19 bits per heavy atom. The van der Waals surface area contributed by atoms with Crippen molar-refractivity contribution in [3.05, 3.63) is 32.7 Å². The van der Waals surface area contributed by atoms with Crippen LogP contribution in [0.25, 0.3) is 0 Å². The minimum Gasteiger partial charge on any atom is -0.360 e. The second-order valence-corrected chi connectivity index (χ2v) is 14.1. The second kappa shape index (κ2) is 10.3. The Balaban J connectivity index is 0.000000314. The average Bonchev–Trinajstić information content (AvgIpc) is 3.09. The number of H-pyrrole nitrogens is 1. The fraction of sp³-hybridized carbons (Fsp3) is 0.500. The smallest absolute Gasteiger partial charge is 0.164 e. The topological polar surface area (TPSA) is 89.9 Å². The molecule has 2 aromatic heterocycles. The standard InChI is InChI=1S/C11H19BrN2O2Si.C5H5BrN2O/c1-9(15)10-7-14(13-11(10)12)8-16-5-6-17(2,3)4;1-3(9)4-2-7-8-5(4)6/h7H,5-6,8H2,1-4H3;2H,1H3,(H,7,8). The zero-order valence-electron chi connectivity index (χ0n) is 15.6. The van der Waals surface area contributed by atoms with E-state index in [0.29, 0.717) is 27.1 Å². The number of aromatic nitrogens is 4. The Kier molecular flexibility index (Phi) is 9.08. The van der Waals surface area contributed by atoms with Crippen LogP contribution in [0.3, 0.4) is 0 Å². The summed E-state index contributed by atoms with van der Waals surface area (Å²) < 4.78 is 8.42. The molecule has 2 heterocycles. The molecule has 0 fully saturated rings. The predicted molar refractivity (Wildman–Crippen MR) is 110 cm³/mol. The number of ether oxygens (including phenoxy) is 1. The van der Waals surface area contributed by atoms with E-state index in [0.717, 1.165) is 12.7 Å². The molecular formula is C16H24Br2N4O3Si. The monoisotopic (exact) mass is 506 g/mol. The minimum atomic E-state index is -1.04. The van der Waals surface area contributed by atoms with Crippen molar-refractivity contribution < 1.29 is 14.3 Å². The number of hydrogen-bond donors (Lipinski definition) is 1. The van der Waals surface area contributed by atoms with E-state index in [1.807, 2.05) is 0 Å². The molecule has 144 valence electrons. The van der Waals surface area contributed by atoms with E-state index in [-0.39, 0.29) is 11.6 Å². The molecule has 0 saturated carbocycles. The molecule has 26 heavy (non-hydrogen) atoms. The molecule has 0 atom stereocenters. The molecule has 0 aliphatic heterocycles. The molecule has 0 radical (unpaired) electrons. The van der Waals surface area contributed by atoms with Gasteiger partial charge in [-0.3, -0.25) is 14.7 Å². The third-order valence-electron chi connectivity index (χ3n) is 3.29. The van der Waals surface area contributed by atoms with E-state index in [1.54, 1.807) is 10.9 Å². The number of nitrogens with one attached hydrogen (secondary N) is 1. The SMILES string of the molecule is CC(=O)c1cn(COCC[Si](C)(C)C)nc1Br.CC(=O)c1cn[nH]c1Br. The van der Waals surface area contributed by atoms with E-state index < -0.39 is 8.07 Å². The van der Waals surface area contributed by atoms with Gasteiger partial charge in [-0.1, -0.05) is 19.6 Å². The maximum atomic E-state index is 11.2. The van der Waals surface area contributed by atoms with Crippen LogP contribution in [-0.2, 0) is 11.5 Å². The lowest BCUT2D eigenvalue weighted by Gasteiger charge is -2.15. The molecule has 0 aliphatic rings. The summed E-state index contributed by atoms with van der Waals surface area (Å²) in [5.41, 5.74) is 1.19. The summed E-state index contributed by atoms with van der Waals surface area (Å²) in [4.78, 5) is 21.9. The van der Waals surface area contributed by atoms with Gasteiger partial charge in [-0.25, -0.2) is 4.68 Å². The molecule has 0 saturated heterocycles. The van der Waals surface area contributed by atoms with Gasteiger partial charge >= 0.3 is 0 Å². The number of halogens is 2. The number of carbonyl (C=O) groups is 2. The van der Waals surface area contributed by atoms with Crippen LogP contribution in [0.1, 0.15) is 34.6 Å². The van der Waals surface area contributed by atoms with Crippen molar-refractivity contribution in [3.8, 4) is 0 Å². The molecule has 2 aromatic rings. The van der Waals surface area contributed by atoms with E-state index in [1.165, 1.54) is 20.0 Å². The third-order valence-corrected chi connectivity index (χ3v) is 6.18. The molecule has 7 nitrogen and oxygen atoms in total. The molecule has 1 N–H and O–H groups in total. The van der Waals surface area contributed by atoms with Gasteiger partial charge in [0.25, 0.3) is 0 Å². The Hall–Kier alpha value is -1.10. The summed E-state index contributed by atoms with van der Waals surface area (Å²) in [7, 11) is -1.04. The van der Waals surface area contributed by atoms with Crippen LogP contribution < -0.4 is 0 Å². The summed E-state index contributed by atoms with van der Waals surface area (Å²) in [6.07, 6.45) is 3.20. The first-order valence-corrected chi connectivity index (χ1v) is 13.3. The van der Waals surface area contributed by atoms with Gasteiger partial charge in [0.2, 0.25) is 0 Å². The van der Waals surface area contributed by atoms with E-state index in [4.69, 9.17) is 4.74 Å². The van der Waals surface area contributed by atoms with Gasteiger partial charge in [0.15, 0.2) is 11.6 Å². The minimum absolute atomic E-state index is 0.00484. The quantitative estimate of drug-likeness (QED) is 0.337. The first-order valence-electron chi connectivity index (χ1n) is 8.02. The highest BCUT2D eigenvalue weighted by Crippen LogP contribution is 2.15. The number of carbonyl (C=O) groups excluding carboxylic acids is 2. The average molecular weight is 508 g/mol. The number of ketones is 2. The maximum absolute atomic E-state index is 11.2. The summed E-state index contributed by atoms with van der Waals surface area (Å²) in [6.45, 7) is 11.1. The number of rotatable bonds is 7. The largest absolute Gasteiger partial charge is 0.360 e. The first kappa shape index (κ1) is 22.9. The van der Waals surface area contributed by atoms with Crippen molar-refractivity contribution in [1.29, 1.82) is 0 Å². The van der Waals surface area contributed by atoms with Crippen molar-refractivity contribution >= 4 is 51.5 Å². The second-order valence-electron chi connectivity index (χ2n) is 6.93. The lowest BCUT2D eigenvalue weighted by atomic mass is 10.3. The third kappa shape index (κ3) is 8.06. The van der Waals surface area contributed by atoms with Gasteiger partial charge in [0.1, 0.15) is 15.9 Å². The Morgan fingerprint density at radius 2 is 1.81 bits per heavy atom. The summed E-state index contributed by atoms with van der Waals surface area (Å²) in [5.74, 6) is 0.0147. The number of Topliss-reactive ketones (excluding diaryl/α,β-unsaturated/α-hetero) is 2. The first-order chi connectivity index (χ1) is 12.0. The fourth-order valence-electron chi connectivity index (χ4n) is 1.75. The van der Waals surface area contributed by atoms with Crippen LogP contribution in [-0.4, -0.2) is 46.2 Å². The highest BCUT2D eigenvalue weighted by molar-refractivity contribution is 9.10. The summed E-state index contributed by atoms with van der Waals surface area (Å²) >= 11 is 6.38. The van der Waals surface area contributed by atoms with Crippen LogP contribution >= 0.6 is 31.9 Å². The van der Waals surface area contributed by atoms with E-state index >= 15 is 0 Å². The van der Waals surface area contributed by atoms with Gasteiger partial charge < -0.3 is 4.74 Å². The Morgan fingerprint density at radius 1 is 1.19 bits per heavy atom. The van der Waals surface area contributed by atoms with Crippen molar-refractivity contribution in [2.45, 2.75) is 46.3 Å². The Bertz CT molecular complexity index is 753. The number of nitrogens with zero attached hydrogens (tertiary/aromatic N) is 3. The highest BCUT2D eigenvalue weighted by Gasteiger charge is 2.13. The molecule has 0 aromatic carbocycles. The fourth-order valence-corrected chi connectivity index (χ4v) is 3.58. The number of aromatic amines is 1. The zero-order chi connectivity index (χ0) is 19.9. The molecule has 10 heteroatoms. The van der Waals surface area contributed by atoms with Crippen molar-refractivity contribution in [3.63, 3.8) is 0 Å².